The summed E-state index contributed by atoms with van der Waals surface area (Å²) in [6.45, 7) is 9.13. The highest BCUT2D eigenvalue weighted by atomic mass is 35.5. The predicted molar refractivity (Wildman–Crippen MR) is 142 cm³/mol. The zero-order chi connectivity index (χ0) is 27.3. The Bertz CT molecular complexity index is 1220. The minimum Gasteiger partial charge on any atom is -0.479 e. The molecule has 1 aromatic heterocycles. The first-order valence-corrected chi connectivity index (χ1v) is 12.3. The predicted octanol–water partition coefficient (Wildman–Crippen LogP) is 3.00. The highest BCUT2D eigenvalue weighted by molar-refractivity contribution is 6.35. The van der Waals surface area contributed by atoms with Crippen LogP contribution in [0, 0.1) is 11.8 Å². The Labute approximate surface area is 219 Å². The van der Waals surface area contributed by atoms with Crippen LogP contribution in [0.3, 0.4) is 0 Å². The third kappa shape index (κ3) is 7.27. The Kier molecular flexibility index (Phi) is 10.0. The van der Waals surface area contributed by atoms with Crippen molar-refractivity contribution < 1.29 is 14.3 Å². The van der Waals surface area contributed by atoms with Crippen LogP contribution in [-0.2, 0) is 16.1 Å². The van der Waals surface area contributed by atoms with Crippen molar-refractivity contribution in [1.29, 1.82) is 0 Å². The fraction of sp³-hybridized carbons (Fsp3) is 0.500. The summed E-state index contributed by atoms with van der Waals surface area (Å²) in [6, 6.07) is 4.62. The number of carbonyl (C=O) groups is 2. The number of likely N-dealkylation sites (N-methyl/N-ethyl adjacent to an activating group) is 1. The van der Waals surface area contributed by atoms with E-state index in [2.05, 4.69) is 4.98 Å². The molecule has 0 spiro atoms. The number of hydrogen-bond donors (Lipinski definition) is 2. The Balaban J connectivity index is 2.30. The van der Waals surface area contributed by atoms with Crippen LogP contribution in [-0.4, -0.2) is 52.5 Å². The highest BCUT2D eigenvalue weighted by Gasteiger charge is 2.28. The van der Waals surface area contributed by atoms with Crippen LogP contribution in [0.4, 0.5) is 11.5 Å². The molecule has 0 aliphatic carbocycles. The van der Waals surface area contributed by atoms with Gasteiger partial charge in [0.05, 0.1) is 11.6 Å². The van der Waals surface area contributed by atoms with Gasteiger partial charge < -0.3 is 20.3 Å². The molecule has 0 aliphatic rings. The molecule has 0 saturated heterocycles. The Hall–Kier alpha value is -2.98. The lowest BCUT2D eigenvalue weighted by Gasteiger charge is -2.29. The van der Waals surface area contributed by atoms with Gasteiger partial charge in [-0.1, -0.05) is 50.9 Å². The lowest BCUT2D eigenvalue weighted by molar-refractivity contribution is -0.139. The van der Waals surface area contributed by atoms with Gasteiger partial charge in [-0.05, 0) is 37.0 Å². The van der Waals surface area contributed by atoms with Gasteiger partial charge in [0.15, 0.2) is 11.8 Å². The number of nitrogens with one attached hydrogen (secondary N) is 1. The molecule has 3 N–H and O–H groups in total. The first-order valence-electron chi connectivity index (χ1n) is 11.5. The molecule has 0 aliphatic heterocycles. The van der Waals surface area contributed by atoms with Crippen molar-refractivity contribution in [3.05, 3.63) is 49.1 Å². The summed E-state index contributed by atoms with van der Waals surface area (Å²) >= 11 is 12.0. The Morgan fingerprint density at radius 2 is 1.75 bits per heavy atom. The van der Waals surface area contributed by atoms with Crippen LogP contribution >= 0.6 is 23.2 Å². The van der Waals surface area contributed by atoms with E-state index in [-0.39, 0.29) is 53.7 Å². The number of aromatic nitrogens is 2. The molecule has 1 atom stereocenters. The fourth-order valence-electron chi connectivity index (χ4n) is 3.56. The first-order chi connectivity index (χ1) is 16.7. The molecule has 0 fully saturated rings. The van der Waals surface area contributed by atoms with Gasteiger partial charge in [0, 0.05) is 25.2 Å². The zero-order valence-corrected chi connectivity index (χ0v) is 22.8. The van der Waals surface area contributed by atoms with E-state index in [1.807, 2.05) is 27.7 Å². The summed E-state index contributed by atoms with van der Waals surface area (Å²) in [6.07, 6.45) is -0.957. The standard InChI is InChI=1S/C24H33Cl2N5O5/c1-13(2)10-30(20-21(27)31(11-14(3)4)24(35)28-22(20)33)19(32)12-29(6)23(34)15(5)36-18-8-7-16(25)9-17(18)26/h7-9,13-15H,10-12,27H2,1-6H3,(H,28,33,35)/t15-/m0/s1. The number of nitrogen functional groups attached to an aromatic ring is 1. The molecule has 1 aromatic carbocycles. The van der Waals surface area contributed by atoms with Gasteiger partial charge in [0.1, 0.15) is 11.6 Å². The highest BCUT2D eigenvalue weighted by Crippen LogP contribution is 2.28. The molecule has 36 heavy (non-hydrogen) atoms. The Morgan fingerprint density at radius 3 is 2.31 bits per heavy atom. The number of halogens is 2. The van der Waals surface area contributed by atoms with Crippen molar-refractivity contribution in [2.24, 2.45) is 11.8 Å². The number of anilines is 2. The van der Waals surface area contributed by atoms with Gasteiger partial charge >= 0.3 is 5.69 Å². The SMILES string of the molecule is CC(C)CN(C(=O)CN(C)C(=O)[C@H](C)Oc1ccc(Cl)cc1Cl)c1c(N)n(CC(C)C)c(=O)[nH]c1=O. The molecule has 2 aromatic rings. The largest absolute Gasteiger partial charge is 0.479 e. The minimum atomic E-state index is -0.957. The summed E-state index contributed by atoms with van der Waals surface area (Å²) < 4.78 is 6.90. The van der Waals surface area contributed by atoms with E-state index in [9.17, 15) is 19.2 Å². The third-order valence-electron chi connectivity index (χ3n) is 5.17. The van der Waals surface area contributed by atoms with Gasteiger partial charge in [-0.25, -0.2) is 4.79 Å². The molecular formula is C24H33Cl2N5O5. The van der Waals surface area contributed by atoms with Gasteiger partial charge in [0.2, 0.25) is 5.91 Å². The monoisotopic (exact) mass is 541 g/mol. The second kappa shape index (κ2) is 12.3. The number of H-pyrrole nitrogens is 1. The minimum absolute atomic E-state index is 0.0338. The van der Waals surface area contributed by atoms with E-state index >= 15 is 0 Å². The molecule has 0 saturated carbocycles. The zero-order valence-electron chi connectivity index (χ0n) is 21.3. The van der Waals surface area contributed by atoms with E-state index in [4.69, 9.17) is 33.7 Å². The number of nitrogens with zero attached hydrogens (tertiary/aromatic N) is 3. The summed E-state index contributed by atoms with van der Waals surface area (Å²) in [5, 5.41) is 0.670. The van der Waals surface area contributed by atoms with Crippen LogP contribution < -0.4 is 26.6 Å². The summed E-state index contributed by atoms with van der Waals surface area (Å²) in [5.74, 6) is -0.816. The van der Waals surface area contributed by atoms with Crippen LogP contribution in [0.2, 0.25) is 10.0 Å². The van der Waals surface area contributed by atoms with Crippen LogP contribution in [0.5, 0.6) is 5.75 Å². The van der Waals surface area contributed by atoms with E-state index in [0.717, 1.165) is 0 Å². The van der Waals surface area contributed by atoms with E-state index in [0.29, 0.717) is 5.02 Å². The van der Waals surface area contributed by atoms with Crippen molar-refractivity contribution in [3.63, 3.8) is 0 Å². The number of rotatable bonds is 10. The van der Waals surface area contributed by atoms with Crippen LogP contribution in [0.25, 0.3) is 0 Å². The summed E-state index contributed by atoms with van der Waals surface area (Å²) in [4.78, 5) is 56.0. The molecule has 10 nitrogen and oxygen atoms in total. The maximum absolute atomic E-state index is 13.3. The number of ether oxygens (including phenoxy) is 1. The number of hydrogen-bond acceptors (Lipinski definition) is 6. The van der Waals surface area contributed by atoms with Crippen LogP contribution in [0.15, 0.2) is 27.8 Å². The summed E-state index contributed by atoms with van der Waals surface area (Å²) in [7, 11) is 1.45. The smallest absolute Gasteiger partial charge is 0.330 e. The lowest BCUT2D eigenvalue weighted by atomic mass is 10.2. The quantitative estimate of drug-likeness (QED) is 0.475. The molecule has 12 heteroatoms. The molecule has 1 heterocycles. The fourth-order valence-corrected chi connectivity index (χ4v) is 4.01. The van der Waals surface area contributed by atoms with Crippen molar-refractivity contribution >= 4 is 46.5 Å². The molecule has 198 valence electrons. The topological polar surface area (TPSA) is 131 Å². The maximum atomic E-state index is 13.3. The second-order valence-electron chi connectivity index (χ2n) is 9.42. The van der Waals surface area contributed by atoms with Gasteiger partial charge in [-0.15, -0.1) is 0 Å². The third-order valence-corrected chi connectivity index (χ3v) is 5.71. The molecule has 0 unspecified atom stereocenters. The average Bonchev–Trinajstić information content (AvgIpc) is 2.76. The molecule has 2 amide bonds. The van der Waals surface area contributed by atoms with E-state index in [1.54, 1.807) is 12.1 Å². The van der Waals surface area contributed by atoms with Gasteiger partial charge in [0.25, 0.3) is 11.5 Å². The number of aromatic amines is 1. The van der Waals surface area contributed by atoms with Crippen molar-refractivity contribution in [3.8, 4) is 5.75 Å². The average molecular weight is 542 g/mol. The number of carbonyl (C=O) groups excluding carboxylic acids is 2. The van der Waals surface area contributed by atoms with Crippen molar-refractivity contribution in [2.45, 2.75) is 47.3 Å². The molecule has 0 radical (unpaired) electrons. The van der Waals surface area contributed by atoms with Crippen molar-refractivity contribution in [1.82, 2.24) is 14.5 Å². The molecule has 0 bridgehead atoms. The number of nitrogens with two attached hydrogens (primary N) is 1. The lowest BCUT2D eigenvalue weighted by Crippen LogP contribution is -2.48. The van der Waals surface area contributed by atoms with E-state index in [1.165, 1.54) is 34.4 Å². The Morgan fingerprint density at radius 1 is 1.11 bits per heavy atom. The van der Waals surface area contributed by atoms with Gasteiger partial charge in [-0.2, -0.15) is 0 Å². The van der Waals surface area contributed by atoms with E-state index < -0.39 is 29.2 Å². The summed E-state index contributed by atoms with van der Waals surface area (Å²) in [5.41, 5.74) is 4.69. The maximum Gasteiger partial charge on any atom is 0.330 e. The normalized spacial score (nSPS) is 12.1. The van der Waals surface area contributed by atoms with Crippen LogP contribution in [0.1, 0.15) is 34.6 Å². The van der Waals surface area contributed by atoms with Crippen molar-refractivity contribution in [2.75, 3.05) is 30.8 Å². The first kappa shape index (κ1) is 29.3. The van der Waals surface area contributed by atoms with Gasteiger partial charge in [-0.3, -0.25) is 23.9 Å². The number of amides is 2. The number of benzene rings is 1. The molecule has 2 rings (SSSR count). The second-order valence-corrected chi connectivity index (χ2v) is 10.3. The molecular weight excluding hydrogens is 509 g/mol.